The smallest absolute Gasteiger partial charge is 0.260 e. The minimum Gasteiger partial charge on any atom is -0.481 e. The van der Waals surface area contributed by atoms with E-state index in [1.54, 1.807) is 6.92 Å². The van der Waals surface area contributed by atoms with Gasteiger partial charge in [0.15, 0.2) is 6.10 Å². The second kappa shape index (κ2) is 9.11. The predicted molar refractivity (Wildman–Crippen MR) is 98.3 cm³/mol. The van der Waals surface area contributed by atoms with Crippen LogP contribution in [0.5, 0.6) is 5.75 Å². The molecule has 1 amide bonds. The number of benzene rings is 2. The molecule has 2 aromatic carbocycles. The average Bonchev–Trinajstić information content (AvgIpc) is 2.61. The van der Waals surface area contributed by atoms with Crippen molar-refractivity contribution in [3.8, 4) is 5.75 Å². The number of aryl methyl sites for hydroxylation is 2. The van der Waals surface area contributed by atoms with Crippen molar-refractivity contribution in [3.63, 3.8) is 0 Å². The molecule has 0 heterocycles. The zero-order valence-corrected chi connectivity index (χ0v) is 14.8. The Kier molecular flexibility index (Phi) is 6.86. The SMILES string of the molecule is CCc1ccccc1O[C@H](C)C(=O)N[C@H](C)CCc1ccccc1. The molecular weight excluding hydrogens is 298 g/mol. The fourth-order valence-electron chi connectivity index (χ4n) is 2.62. The van der Waals surface area contributed by atoms with Gasteiger partial charge in [-0.1, -0.05) is 55.5 Å². The van der Waals surface area contributed by atoms with Crippen molar-refractivity contribution >= 4 is 5.91 Å². The zero-order valence-electron chi connectivity index (χ0n) is 14.8. The first-order chi connectivity index (χ1) is 11.6. The lowest BCUT2D eigenvalue weighted by Gasteiger charge is -2.20. The number of nitrogens with one attached hydrogen (secondary N) is 1. The Labute approximate surface area is 145 Å². The number of hydrogen-bond donors (Lipinski definition) is 1. The first-order valence-corrected chi connectivity index (χ1v) is 8.69. The van der Waals surface area contributed by atoms with Gasteiger partial charge < -0.3 is 10.1 Å². The van der Waals surface area contributed by atoms with Gasteiger partial charge in [0, 0.05) is 6.04 Å². The largest absolute Gasteiger partial charge is 0.481 e. The number of para-hydroxylation sites is 1. The van der Waals surface area contributed by atoms with Gasteiger partial charge in [-0.05, 0) is 50.3 Å². The van der Waals surface area contributed by atoms with Gasteiger partial charge in [-0.25, -0.2) is 0 Å². The third-order valence-electron chi connectivity index (χ3n) is 4.12. The van der Waals surface area contributed by atoms with Gasteiger partial charge in [0.05, 0.1) is 0 Å². The molecule has 0 bridgehead atoms. The molecule has 3 nitrogen and oxygen atoms in total. The second-order valence-electron chi connectivity index (χ2n) is 6.16. The number of amides is 1. The molecule has 0 aliphatic heterocycles. The van der Waals surface area contributed by atoms with Gasteiger partial charge in [-0.3, -0.25) is 4.79 Å². The van der Waals surface area contributed by atoms with Gasteiger partial charge in [0.2, 0.25) is 0 Å². The minimum absolute atomic E-state index is 0.0681. The van der Waals surface area contributed by atoms with Crippen LogP contribution in [0.15, 0.2) is 54.6 Å². The van der Waals surface area contributed by atoms with Crippen molar-refractivity contribution < 1.29 is 9.53 Å². The van der Waals surface area contributed by atoms with E-state index in [1.165, 1.54) is 5.56 Å². The van der Waals surface area contributed by atoms with E-state index in [1.807, 2.05) is 49.4 Å². The second-order valence-corrected chi connectivity index (χ2v) is 6.16. The molecule has 2 rings (SSSR count). The lowest BCUT2D eigenvalue weighted by atomic mass is 10.1. The van der Waals surface area contributed by atoms with E-state index < -0.39 is 6.10 Å². The third-order valence-corrected chi connectivity index (χ3v) is 4.12. The maximum atomic E-state index is 12.3. The summed E-state index contributed by atoms with van der Waals surface area (Å²) < 4.78 is 5.85. The highest BCUT2D eigenvalue weighted by Crippen LogP contribution is 2.19. The highest BCUT2D eigenvalue weighted by atomic mass is 16.5. The maximum Gasteiger partial charge on any atom is 0.260 e. The van der Waals surface area contributed by atoms with Gasteiger partial charge in [0.25, 0.3) is 5.91 Å². The van der Waals surface area contributed by atoms with E-state index in [-0.39, 0.29) is 11.9 Å². The van der Waals surface area contributed by atoms with Gasteiger partial charge in [-0.15, -0.1) is 0 Å². The van der Waals surface area contributed by atoms with Crippen LogP contribution < -0.4 is 10.1 Å². The van der Waals surface area contributed by atoms with Crippen LogP contribution in [0.3, 0.4) is 0 Å². The summed E-state index contributed by atoms with van der Waals surface area (Å²) in [5.41, 5.74) is 2.41. The molecular formula is C21H27NO2. The van der Waals surface area contributed by atoms with Crippen LogP contribution in [0.1, 0.15) is 38.3 Å². The van der Waals surface area contributed by atoms with Crippen LogP contribution in [0.2, 0.25) is 0 Å². The molecule has 0 aliphatic rings. The molecule has 0 radical (unpaired) electrons. The van der Waals surface area contributed by atoms with Crippen molar-refractivity contribution in [1.82, 2.24) is 5.32 Å². The van der Waals surface area contributed by atoms with E-state index >= 15 is 0 Å². The Bertz CT molecular complexity index is 639. The average molecular weight is 325 g/mol. The van der Waals surface area contributed by atoms with Crippen LogP contribution in [-0.4, -0.2) is 18.1 Å². The van der Waals surface area contributed by atoms with E-state index in [4.69, 9.17) is 4.74 Å². The van der Waals surface area contributed by atoms with Crippen molar-refractivity contribution in [2.75, 3.05) is 0 Å². The zero-order chi connectivity index (χ0) is 17.4. The van der Waals surface area contributed by atoms with E-state index in [9.17, 15) is 4.79 Å². The molecule has 24 heavy (non-hydrogen) atoms. The number of carbonyl (C=O) groups excluding carboxylic acids is 1. The minimum atomic E-state index is -0.503. The molecule has 3 heteroatoms. The summed E-state index contributed by atoms with van der Waals surface area (Å²) in [6.45, 7) is 5.91. The Morgan fingerprint density at radius 2 is 1.71 bits per heavy atom. The first-order valence-electron chi connectivity index (χ1n) is 8.69. The lowest BCUT2D eigenvalue weighted by molar-refractivity contribution is -0.127. The standard InChI is InChI=1S/C21H27NO2/c1-4-19-12-8-9-13-20(19)24-17(3)21(23)22-16(2)14-15-18-10-6-5-7-11-18/h5-13,16-17H,4,14-15H2,1-3H3,(H,22,23)/t16-,17-/m1/s1. The molecule has 1 N–H and O–H groups in total. The van der Waals surface area contributed by atoms with Crippen molar-refractivity contribution in [2.24, 2.45) is 0 Å². The lowest BCUT2D eigenvalue weighted by Crippen LogP contribution is -2.41. The Morgan fingerprint density at radius 3 is 2.42 bits per heavy atom. The van der Waals surface area contributed by atoms with Crippen LogP contribution in [-0.2, 0) is 17.6 Å². The molecule has 0 saturated carbocycles. The van der Waals surface area contributed by atoms with Crippen molar-refractivity contribution in [2.45, 2.75) is 52.2 Å². The summed E-state index contributed by atoms with van der Waals surface area (Å²) in [7, 11) is 0. The molecule has 2 aromatic rings. The fraction of sp³-hybridized carbons (Fsp3) is 0.381. The van der Waals surface area contributed by atoms with Gasteiger partial charge in [0.1, 0.15) is 5.75 Å². The summed E-state index contributed by atoms with van der Waals surface area (Å²) in [5, 5.41) is 3.04. The van der Waals surface area contributed by atoms with Crippen LogP contribution in [0.4, 0.5) is 0 Å². The monoisotopic (exact) mass is 325 g/mol. The molecule has 0 aromatic heterocycles. The molecule has 0 saturated heterocycles. The number of ether oxygens (including phenoxy) is 1. The highest BCUT2D eigenvalue weighted by Gasteiger charge is 2.17. The molecule has 2 atom stereocenters. The summed E-state index contributed by atoms with van der Waals surface area (Å²) in [6.07, 6.45) is 2.25. The molecule has 0 unspecified atom stereocenters. The molecule has 0 aliphatic carbocycles. The summed E-state index contributed by atoms with van der Waals surface area (Å²) in [6, 6.07) is 18.3. The van der Waals surface area contributed by atoms with E-state index in [0.717, 1.165) is 30.6 Å². The van der Waals surface area contributed by atoms with E-state index in [0.29, 0.717) is 0 Å². The normalized spacial score (nSPS) is 13.1. The number of rotatable bonds is 8. The highest BCUT2D eigenvalue weighted by molar-refractivity contribution is 5.81. The van der Waals surface area contributed by atoms with Crippen molar-refractivity contribution in [1.29, 1.82) is 0 Å². The van der Waals surface area contributed by atoms with Crippen LogP contribution in [0, 0.1) is 0 Å². The Balaban J connectivity index is 1.82. The maximum absolute atomic E-state index is 12.3. The Hall–Kier alpha value is -2.29. The molecule has 0 spiro atoms. The third kappa shape index (κ3) is 5.41. The van der Waals surface area contributed by atoms with E-state index in [2.05, 4.69) is 24.4 Å². The first kappa shape index (κ1) is 18.1. The number of hydrogen-bond acceptors (Lipinski definition) is 2. The van der Waals surface area contributed by atoms with Crippen LogP contribution >= 0.6 is 0 Å². The summed E-state index contributed by atoms with van der Waals surface area (Å²) in [5.74, 6) is 0.723. The quantitative estimate of drug-likeness (QED) is 0.791. The van der Waals surface area contributed by atoms with Gasteiger partial charge >= 0.3 is 0 Å². The number of carbonyl (C=O) groups is 1. The van der Waals surface area contributed by atoms with Crippen LogP contribution in [0.25, 0.3) is 0 Å². The summed E-state index contributed by atoms with van der Waals surface area (Å²) in [4.78, 5) is 12.3. The van der Waals surface area contributed by atoms with Crippen molar-refractivity contribution in [3.05, 3.63) is 65.7 Å². The molecule has 0 fully saturated rings. The topological polar surface area (TPSA) is 38.3 Å². The van der Waals surface area contributed by atoms with Gasteiger partial charge in [-0.2, -0.15) is 0 Å². The Morgan fingerprint density at radius 1 is 1.04 bits per heavy atom. The predicted octanol–water partition coefficient (Wildman–Crippen LogP) is 4.15. The summed E-state index contributed by atoms with van der Waals surface area (Å²) >= 11 is 0. The molecule has 128 valence electrons. The fourth-order valence-corrected chi connectivity index (χ4v) is 2.62.